The van der Waals surface area contributed by atoms with Gasteiger partial charge in [-0.2, -0.15) is 10.5 Å². The number of H-pyrrole nitrogens is 1. The van der Waals surface area contributed by atoms with E-state index in [4.69, 9.17) is 5.26 Å². The number of anilines is 1. The van der Waals surface area contributed by atoms with Gasteiger partial charge in [0.1, 0.15) is 11.8 Å². The van der Waals surface area contributed by atoms with Crippen molar-refractivity contribution in [2.24, 2.45) is 5.41 Å². The molecule has 0 unspecified atom stereocenters. The fraction of sp³-hybridized carbons (Fsp3) is 0.423. The first-order valence-corrected chi connectivity index (χ1v) is 11.7. The molecule has 1 fully saturated rings. The Morgan fingerprint density at radius 2 is 1.94 bits per heavy atom. The van der Waals surface area contributed by atoms with Crippen LogP contribution in [0.15, 0.2) is 30.5 Å². The third-order valence-electron chi connectivity index (χ3n) is 7.15. The molecule has 3 N–H and O–H groups in total. The summed E-state index contributed by atoms with van der Waals surface area (Å²) in [6.07, 6.45) is 6.11. The van der Waals surface area contributed by atoms with Crippen LogP contribution in [0, 0.1) is 28.1 Å². The number of nitrogens with zero attached hydrogens (tertiary/aromatic N) is 4. The molecule has 9 heteroatoms. The number of nitriles is 2. The van der Waals surface area contributed by atoms with Crippen molar-refractivity contribution < 1.29 is 14.7 Å². The van der Waals surface area contributed by atoms with Crippen LogP contribution in [-0.2, 0) is 5.41 Å². The molecule has 1 aliphatic heterocycles. The van der Waals surface area contributed by atoms with Gasteiger partial charge in [0.15, 0.2) is 5.82 Å². The number of benzene rings is 1. The van der Waals surface area contributed by atoms with Crippen LogP contribution in [0.4, 0.5) is 10.5 Å². The maximum Gasteiger partial charge on any atom is 0.407 e. The molecular formula is C26H28N6O3. The Hall–Kier alpha value is -4.11. The molecule has 4 rings (SSSR count). The number of carbonyl (C=O) groups is 2. The molecule has 0 bridgehead atoms. The van der Waals surface area contributed by atoms with Crippen LogP contribution in [0.1, 0.15) is 73.4 Å². The molecule has 2 aromatic rings. The van der Waals surface area contributed by atoms with E-state index in [9.17, 15) is 20.0 Å². The minimum Gasteiger partial charge on any atom is -0.465 e. The van der Waals surface area contributed by atoms with Crippen LogP contribution in [-0.4, -0.2) is 45.1 Å². The molecule has 1 saturated heterocycles. The lowest BCUT2D eigenvalue weighted by atomic mass is 9.72. The molecule has 1 aromatic carbocycles. The number of aromatic amines is 1. The van der Waals surface area contributed by atoms with Crippen LogP contribution in [0.25, 0.3) is 5.57 Å². The number of imidazole rings is 1. The molecule has 0 atom stereocenters. The molecular weight excluding hydrogens is 444 g/mol. The summed E-state index contributed by atoms with van der Waals surface area (Å²) in [7, 11) is 0. The molecule has 2 heterocycles. The van der Waals surface area contributed by atoms with Crippen LogP contribution >= 0.6 is 0 Å². The van der Waals surface area contributed by atoms with E-state index in [1.54, 1.807) is 6.07 Å². The average molecular weight is 473 g/mol. The number of amides is 2. The van der Waals surface area contributed by atoms with Crippen molar-refractivity contribution in [1.82, 2.24) is 14.9 Å². The Bertz CT molecular complexity index is 1270. The maximum absolute atomic E-state index is 12.8. The van der Waals surface area contributed by atoms with Gasteiger partial charge >= 0.3 is 6.09 Å². The molecule has 1 aliphatic carbocycles. The highest BCUT2D eigenvalue weighted by molar-refractivity contribution is 6.03. The van der Waals surface area contributed by atoms with Crippen molar-refractivity contribution in [3.05, 3.63) is 53.1 Å². The van der Waals surface area contributed by atoms with E-state index in [0.717, 1.165) is 36.0 Å². The molecule has 2 amide bonds. The molecule has 180 valence electrons. The van der Waals surface area contributed by atoms with Gasteiger partial charge in [-0.05, 0) is 60.8 Å². The van der Waals surface area contributed by atoms with E-state index in [1.807, 2.05) is 18.2 Å². The Labute approximate surface area is 204 Å². The fourth-order valence-corrected chi connectivity index (χ4v) is 4.76. The van der Waals surface area contributed by atoms with Crippen molar-refractivity contribution in [2.75, 3.05) is 18.4 Å². The SMILES string of the molecule is CC1(C)CC=C(c2cc(C3(C#N)CCN(C(=O)O)CC3)ccc2NC(=O)c2ncc(C#N)[nH]2)CC1. The lowest BCUT2D eigenvalue weighted by molar-refractivity contribution is 0.101. The Kier molecular flexibility index (Phi) is 6.36. The summed E-state index contributed by atoms with van der Waals surface area (Å²) in [4.78, 5) is 32.2. The zero-order valence-electron chi connectivity index (χ0n) is 19.9. The van der Waals surface area contributed by atoms with Crippen LogP contribution in [0.2, 0.25) is 0 Å². The largest absolute Gasteiger partial charge is 0.465 e. The third-order valence-corrected chi connectivity index (χ3v) is 7.15. The number of rotatable bonds is 4. The lowest BCUT2D eigenvalue weighted by Crippen LogP contribution is -2.44. The standard InChI is InChI=1S/C26H28N6O3/c1-25(2)7-5-17(6-8-25)20-13-18(26(16-28)9-11-32(12-10-26)24(34)35)3-4-21(20)31-23(33)22-29-15-19(14-27)30-22/h3-5,13,15H,6-12H2,1-2H3,(H,29,30)(H,31,33)(H,34,35). The van der Waals surface area contributed by atoms with Crippen molar-refractivity contribution in [3.63, 3.8) is 0 Å². The van der Waals surface area contributed by atoms with Gasteiger partial charge in [0.2, 0.25) is 0 Å². The molecule has 9 nitrogen and oxygen atoms in total. The average Bonchev–Trinajstić information content (AvgIpc) is 3.34. The smallest absolute Gasteiger partial charge is 0.407 e. The van der Waals surface area contributed by atoms with Gasteiger partial charge in [-0.1, -0.05) is 26.0 Å². The first kappa shape index (κ1) is 24.0. The van der Waals surface area contributed by atoms with Crippen molar-refractivity contribution in [3.8, 4) is 12.1 Å². The van der Waals surface area contributed by atoms with E-state index in [1.165, 1.54) is 11.1 Å². The summed E-state index contributed by atoms with van der Waals surface area (Å²) in [5.74, 6) is -0.410. The number of piperidine rings is 1. The van der Waals surface area contributed by atoms with E-state index in [-0.39, 0.29) is 16.9 Å². The summed E-state index contributed by atoms with van der Waals surface area (Å²) in [6, 6.07) is 10.0. The topological polar surface area (TPSA) is 146 Å². The van der Waals surface area contributed by atoms with E-state index < -0.39 is 17.4 Å². The Morgan fingerprint density at radius 1 is 1.20 bits per heavy atom. The highest BCUT2D eigenvalue weighted by atomic mass is 16.4. The molecule has 2 aliphatic rings. The number of hydrogen-bond donors (Lipinski definition) is 3. The van der Waals surface area contributed by atoms with Crippen LogP contribution in [0.5, 0.6) is 0 Å². The second kappa shape index (κ2) is 9.27. The second-order valence-corrected chi connectivity index (χ2v) is 10.0. The van der Waals surface area contributed by atoms with Gasteiger partial charge in [-0.25, -0.2) is 9.78 Å². The quantitative estimate of drug-likeness (QED) is 0.590. The fourth-order valence-electron chi connectivity index (χ4n) is 4.76. The molecule has 0 spiro atoms. The normalized spacial score (nSPS) is 18.6. The van der Waals surface area contributed by atoms with Gasteiger partial charge in [-0.3, -0.25) is 4.79 Å². The Morgan fingerprint density at radius 3 is 2.51 bits per heavy atom. The highest BCUT2D eigenvalue weighted by Crippen LogP contribution is 2.42. The molecule has 0 saturated carbocycles. The summed E-state index contributed by atoms with van der Waals surface area (Å²) < 4.78 is 0. The minimum absolute atomic E-state index is 0.0462. The number of carboxylic acid groups (broad SMARTS) is 1. The maximum atomic E-state index is 12.8. The van der Waals surface area contributed by atoms with Gasteiger partial charge < -0.3 is 20.3 Å². The Balaban J connectivity index is 1.70. The number of carbonyl (C=O) groups excluding carboxylic acids is 1. The first-order valence-electron chi connectivity index (χ1n) is 11.7. The number of hydrogen-bond acceptors (Lipinski definition) is 5. The first-order chi connectivity index (χ1) is 16.7. The van der Waals surface area contributed by atoms with Crippen molar-refractivity contribution in [2.45, 2.75) is 51.4 Å². The zero-order valence-corrected chi connectivity index (χ0v) is 19.9. The minimum atomic E-state index is -0.970. The van der Waals surface area contributed by atoms with Crippen LogP contribution in [0.3, 0.4) is 0 Å². The number of likely N-dealkylation sites (tertiary alicyclic amines) is 1. The predicted octanol–water partition coefficient (Wildman–Crippen LogP) is 4.66. The van der Waals surface area contributed by atoms with Gasteiger partial charge in [0.25, 0.3) is 5.91 Å². The summed E-state index contributed by atoms with van der Waals surface area (Å²) in [5.41, 5.74) is 3.00. The van der Waals surface area contributed by atoms with E-state index in [0.29, 0.717) is 31.6 Å². The van der Waals surface area contributed by atoms with Crippen molar-refractivity contribution in [1.29, 1.82) is 10.5 Å². The molecule has 0 radical (unpaired) electrons. The summed E-state index contributed by atoms with van der Waals surface area (Å²) in [5, 5.41) is 31.4. The molecule has 1 aromatic heterocycles. The highest BCUT2D eigenvalue weighted by Gasteiger charge is 2.38. The summed E-state index contributed by atoms with van der Waals surface area (Å²) in [6.45, 7) is 5.05. The zero-order chi connectivity index (χ0) is 25.2. The predicted molar refractivity (Wildman–Crippen MR) is 129 cm³/mol. The molecule has 35 heavy (non-hydrogen) atoms. The second-order valence-electron chi connectivity index (χ2n) is 10.0. The summed E-state index contributed by atoms with van der Waals surface area (Å²) >= 11 is 0. The number of aromatic nitrogens is 2. The van der Waals surface area contributed by atoms with Crippen LogP contribution < -0.4 is 5.32 Å². The van der Waals surface area contributed by atoms with E-state index in [2.05, 4.69) is 41.3 Å². The van der Waals surface area contributed by atoms with Crippen molar-refractivity contribution >= 4 is 23.3 Å². The van der Waals surface area contributed by atoms with Gasteiger partial charge in [-0.15, -0.1) is 0 Å². The van der Waals surface area contributed by atoms with Gasteiger partial charge in [0, 0.05) is 24.3 Å². The monoisotopic (exact) mass is 472 g/mol. The van der Waals surface area contributed by atoms with E-state index >= 15 is 0 Å². The lowest BCUT2D eigenvalue weighted by Gasteiger charge is -2.37. The van der Waals surface area contributed by atoms with Gasteiger partial charge in [0.05, 0.1) is 17.7 Å². The number of allylic oxidation sites excluding steroid dienone is 2. The third kappa shape index (κ3) is 4.90. The number of nitrogens with one attached hydrogen (secondary N) is 2.